The third kappa shape index (κ3) is 32.0. The molecule has 12 rings (SSSR count). The molecule has 3 N–H and O–H groups in total. The van der Waals surface area contributed by atoms with Gasteiger partial charge in [0.25, 0.3) is 0 Å². The van der Waals surface area contributed by atoms with E-state index in [-0.39, 0.29) is 159 Å². The van der Waals surface area contributed by atoms with Gasteiger partial charge in [0.05, 0.1) is 17.3 Å². The zero-order chi connectivity index (χ0) is 94.8. The molecule has 0 aliphatic rings. The summed E-state index contributed by atoms with van der Waals surface area (Å²) in [6, 6.07) is 56.6. The van der Waals surface area contributed by atoms with Gasteiger partial charge >= 0.3 is 491 Å². The third-order valence-electron chi connectivity index (χ3n) is 23.0. The number of aromatic nitrogens is 3. The first kappa shape index (κ1) is 103. The molecule has 0 saturated carbocycles. The smallest absolute Gasteiger partial charge is 0 e. The number of carbonyl (C=O) groups excluding carboxylic acids is 3. The summed E-state index contributed by atoms with van der Waals surface area (Å²) < 4.78 is 48.8. The number of fused-ring (bicyclic) bond motifs is 3. The number of benzene rings is 6. The second-order valence-electron chi connectivity index (χ2n) is 33.0. The van der Waals surface area contributed by atoms with Crippen molar-refractivity contribution in [2.45, 2.75) is 262 Å². The van der Waals surface area contributed by atoms with Crippen molar-refractivity contribution in [1.29, 1.82) is 0 Å². The number of allylic oxidation sites excluding steroid dienone is 6. The Hall–Kier alpha value is -6.87. The predicted octanol–water partition coefficient (Wildman–Crippen LogP) is 29.9. The van der Waals surface area contributed by atoms with Crippen LogP contribution in [-0.2, 0) is 74.7 Å². The van der Waals surface area contributed by atoms with Crippen LogP contribution in [0.5, 0.6) is 0 Å². The molecule has 6 heterocycles. The molecule has 681 valence electrons. The van der Waals surface area contributed by atoms with Gasteiger partial charge in [-0.2, -0.15) is 0 Å². The minimum absolute atomic E-state index is 0. The number of aryl methyl sites for hydroxylation is 9. The van der Waals surface area contributed by atoms with Crippen LogP contribution in [0.4, 0.5) is 0 Å². The molecule has 6 aromatic carbocycles. The van der Waals surface area contributed by atoms with Crippen LogP contribution in [0.1, 0.15) is 268 Å². The number of hydrogen-bond acceptors (Lipinski definition) is 9. The second kappa shape index (κ2) is 55.3. The summed E-state index contributed by atoms with van der Waals surface area (Å²) in [6.07, 6.45) is 20.7. The Morgan fingerprint density at radius 3 is 0.944 bits per heavy atom. The van der Waals surface area contributed by atoms with E-state index in [0.29, 0.717) is 20.1 Å². The number of ketones is 3. The van der Waals surface area contributed by atoms with Crippen molar-refractivity contribution in [3.8, 4) is 63.8 Å². The SMILES string of the molecule is CCC(CC)C(=O)C=C(O)C(CC)CC.CCC(CC)C(=O)C=C(O)C(CC)CC.CCC(CC)C(=O)C=C(O)C(CC)CC.Cc1[c-]c(-c2cc3cc(-c4ccc(C)cc4)[se]c3cn2)cc(C)c1.[2H]C(C)(C)c1cccc(C([2H])(C)C)c1-c1cc2cc(-c3[c-]c(C)cc(C)c3)ncc2[se]1.[2H]C([2H])([2H])c1cccc(C)c1-c1cc2cc(-c3[c-]c(C)cc(C)c3)ncc2[se]1.[Ir].[Ir].[Ir]. The number of carbonyl (C=O) groups is 3. The average Bonchev–Trinajstić information content (AvgIpc) is 1.66. The standard InChI is InChI=1S/C27H28NSe.C23H20NSe.C22H18NSe.3C13H24O2.3Ir/c1-16(2)22-8-7-9-23(17(3)4)27(22)25-14-21-13-24(28-15-26(21)29-25)20-11-18(5)10-19(6)12-20;1-14-8-15(2)10-18(9-14)20-11-19-12-21(25-22(19)13-24-20)23-16(3)6-5-7-17(23)4;1-14-4-6-17(7-5-14)21-12-19-11-20(23-13-22(19)24-21)18-9-15(2)8-16(3)10-18;3*1-5-10(6-2)12(14)9-13(15)11(7-3)8-4;;;/h7-11,13-17H,1-6H3;5-9,11-13H,1-4H3;4-9,11-13H,1-3H3;3*9-11,14H,5-8H2,1-4H3;;;/q3*-1;;;;;;/i16D,17D;3D3;;;;;;;. The van der Waals surface area contributed by atoms with Crippen LogP contribution in [0.15, 0.2) is 188 Å². The van der Waals surface area contributed by atoms with Gasteiger partial charge in [-0.3, -0.25) is 14.4 Å². The van der Waals surface area contributed by atoms with Gasteiger partial charge in [-0.15, -0.1) is 0 Å². The van der Waals surface area contributed by atoms with Gasteiger partial charge in [0, 0.05) is 114 Å². The number of aliphatic hydroxyl groups excluding tert-OH is 3. The first-order valence-corrected chi connectivity index (χ1v) is 49.5. The van der Waals surface area contributed by atoms with E-state index in [1.807, 2.05) is 174 Å². The number of rotatable bonds is 29. The molecule has 0 unspecified atom stereocenters. The summed E-state index contributed by atoms with van der Waals surface area (Å²) in [6.45, 7) is 46.4. The number of pyridine rings is 3. The summed E-state index contributed by atoms with van der Waals surface area (Å²) in [5.74, 6) is 0.169. The summed E-state index contributed by atoms with van der Waals surface area (Å²) in [5, 5.41) is 32.9. The van der Waals surface area contributed by atoms with Gasteiger partial charge in [-0.05, 0) is 77.0 Å². The number of hydrogen-bond donors (Lipinski definition) is 3. The molecular weight excluding hydrogens is 2280 g/mol. The molecule has 0 amide bonds. The van der Waals surface area contributed by atoms with Gasteiger partial charge in [0.2, 0.25) is 0 Å². The van der Waals surface area contributed by atoms with Crippen molar-refractivity contribution in [1.82, 2.24) is 15.0 Å². The van der Waals surface area contributed by atoms with E-state index in [1.165, 1.54) is 78.5 Å². The van der Waals surface area contributed by atoms with Gasteiger partial charge in [-0.1, -0.05) is 83.1 Å². The Kier molecular flexibility index (Phi) is 45.2. The third-order valence-corrected chi connectivity index (χ3v) is 30.0. The van der Waals surface area contributed by atoms with Crippen molar-refractivity contribution < 1.29 is 96.9 Å². The fraction of sp³-hybridized carbons (Fsp3) is 0.405. The maximum absolute atomic E-state index is 11.7. The second-order valence-corrected chi connectivity index (χ2v) is 39.8. The Morgan fingerprint density at radius 2 is 0.651 bits per heavy atom. The predicted molar refractivity (Wildman–Crippen MR) is 528 cm³/mol. The molecule has 3 radical (unpaired) electrons. The van der Waals surface area contributed by atoms with Crippen LogP contribution in [0.3, 0.4) is 0 Å². The monoisotopic (exact) mass is 2430 g/mol. The van der Waals surface area contributed by atoms with Gasteiger partial charge in [0.15, 0.2) is 17.3 Å². The van der Waals surface area contributed by atoms with Gasteiger partial charge in [0.1, 0.15) is 0 Å². The number of aliphatic hydroxyl groups is 3. The van der Waals surface area contributed by atoms with E-state index in [1.54, 1.807) is 6.07 Å². The average molecular weight is 2430 g/mol. The van der Waals surface area contributed by atoms with Gasteiger partial charge in [-0.25, -0.2) is 0 Å². The Bertz CT molecular complexity index is 5580. The Labute approximate surface area is 822 Å². The van der Waals surface area contributed by atoms with Crippen LogP contribution >= 0.6 is 0 Å². The molecule has 0 aliphatic carbocycles. The maximum atomic E-state index is 11.7. The summed E-state index contributed by atoms with van der Waals surface area (Å²) >= 11 is 0.468. The minimum atomic E-state index is -2.12. The molecule has 0 atom stereocenters. The topological polar surface area (TPSA) is 151 Å². The molecule has 0 spiro atoms. The largest absolute Gasteiger partial charge is 0 e. The van der Waals surface area contributed by atoms with E-state index in [9.17, 15) is 29.7 Å². The molecule has 0 bridgehead atoms. The van der Waals surface area contributed by atoms with E-state index in [2.05, 4.69) is 162 Å². The van der Waals surface area contributed by atoms with Gasteiger partial charge < -0.3 is 15.3 Å². The van der Waals surface area contributed by atoms with E-state index < -0.39 is 18.6 Å². The van der Waals surface area contributed by atoms with Crippen molar-refractivity contribution in [2.24, 2.45) is 35.5 Å². The molecule has 6 aromatic heterocycles. The van der Waals surface area contributed by atoms with Crippen LogP contribution in [0, 0.1) is 116 Å². The zero-order valence-corrected chi connectivity index (χ0v) is 91.1. The summed E-state index contributed by atoms with van der Waals surface area (Å²) in [7, 11) is 0. The number of nitrogens with zero attached hydrogens (tertiary/aromatic N) is 3. The molecule has 15 heteroatoms. The molecule has 12 aromatic rings. The van der Waals surface area contributed by atoms with Crippen molar-refractivity contribution in [3.63, 3.8) is 0 Å². The van der Waals surface area contributed by atoms with E-state index in [0.717, 1.165) is 165 Å². The van der Waals surface area contributed by atoms with Crippen LogP contribution in [-0.4, -0.2) is 91.1 Å². The minimum Gasteiger partial charge on any atom is 0 e. The summed E-state index contributed by atoms with van der Waals surface area (Å²) in [4.78, 5) is 49.3. The zero-order valence-electron chi connectivity index (χ0n) is 83.7. The van der Waals surface area contributed by atoms with Crippen LogP contribution in [0.25, 0.3) is 92.7 Å². The summed E-state index contributed by atoms with van der Waals surface area (Å²) in [5.41, 5.74) is 21.0. The Morgan fingerprint density at radius 1 is 0.365 bits per heavy atom. The van der Waals surface area contributed by atoms with Crippen LogP contribution < -0.4 is 0 Å². The fourth-order valence-electron chi connectivity index (χ4n) is 15.5. The molecule has 0 saturated heterocycles. The van der Waals surface area contributed by atoms with E-state index >= 15 is 0 Å². The molecule has 0 fully saturated rings. The molecule has 9 nitrogen and oxygen atoms in total. The molecular formula is C111H138Ir3N3O6Se3-3. The Balaban J connectivity index is 0.000000336. The first-order chi connectivity index (χ1) is 60.5. The normalized spacial score (nSPS) is 12.4. The molecule has 0 aliphatic heterocycles. The fourth-order valence-corrected chi connectivity index (χ4v) is 22.3. The maximum Gasteiger partial charge on any atom is 0 e. The van der Waals surface area contributed by atoms with Crippen LogP contribution in [0.2, 0.25) is 0 Å². The molecule has 126 heavy (non-hydrogen) atoms. The van der Waals surface area contributed by atoms with Crippen molar-refractivity contribution in [2.75, 3.05) is 0 Å². The van der Waals surface area contributed by atoms with Crippen molar-refractivity contribution >= 4 is 89.8 Å². The van der Waals surface area contributed by atoms with E-state index in [4.69, 9.17) is 16.8 Å². The van der Waals surface area contributed by atoms with Crippen molar-refractivity contribution in [3.05, 3.63) is 267 Å². The first-order valence-electron chi connectivity index (χ1n) is 46.9. The quantitative estimate of drug-likeness (QED) is 0.0180.